The molecule has 3 aromatic rings. The summed E-state index contributed by atoms with van der Waals surface area (Å²) in [7, 11) is 0. The fourth-order valence-electron chi connectivity index (χ4n) is 3.22. The Kier molecular flexibility index (Phi) is 4.86. The lowest BCUT2D eigenvalue weighted by molar-refractivity contribution is -0.111. The number of rotatable bonds is 3. The highest BCUT2D eigenvalue weighted by Gasteiger charge is 2.27. The van der Waals surface area contributed by atoms with E-state index in [-0.39, 0.29) is 12.5 Å². The molecule has 0 saturated carbocycles. The third-order valence-corrected chi connectivity index (χ3v) is 6.72. The first-order chi connectivity index (χ1) is 13.6. The molecule has 0 radical (unpaired) electrons. The standard InChI is InChI=1S/C20H15N3O3S2/c21-9-15-14-7-8-23(20(25)26)10-17(14)28-19(15)22-18(24)6-5-12-11-27-16-4-2-1-3-13(12)16/h1-6,11H,7-8,10H2,(H,22,24)(H,25,26). The van der Waals surface area contributed by atoms with Gasteiger partial charge >= 0.3 is 6.09 Å². The van der Waals surface area contributed by atoms with Crippen molar-refractivity contribution in [2.75, 3.05) is 11.9 Å². The molecule has 0 unspecified atom stereocenters. The van der Waals surface area contributed by atoms with Gasteiger partial charge in [-0.05, 0) is 40.5 Å². The van der Waals surface area contributed by atoms with Crippen LogP contribution < -0.4 is 5.32 Å². The number of thiophene rings is 2. The second kappa shape index (κ2) is 7.46. The fraction of sp³-hybridized carbons (Fsp3) is 0.150. The molecule has 8 heteroatoms. The molecule has 1 aliphatic heterocycles. The van der Waals surface area contributed by atoms with Gasteiger partial charge in [-0.3, -0.25) is 4.79 Å². The number of amides is 2. The van der Waals surface area contributed by atoms with Crippen molar-refractivity contribution in [1.29, 1.82) is 5.26 Å². The van der Waals surface area contributed by atoms with Gasteiger partial charge in [-0.15, -0.1) is 22.7 Å². The van der Waals surface area contributed by atoms with Gasteiger partial charge in [0.05, 0.1) is 12.1 Å². The Morgan fingerprint density at radius 2 is 2.14 bits per heavy atom. The number of benzene rings is 1. The van der Waals surface area contributed by atoms with E-state index < -0.39 is 6.09 Å². The third-order valence-electron chi connectivity index (χ3n) is 4.60. The lowest BCUT2D eigenvalue weighted by Crippen LogP contribution is -2.34. The largest absolute Gasteiger partial charge is 0.465 e. The number of nitrogens with one attached hydrogen (secondary N) is 1. The van der Waals surface area contributed by atoms with Crippen molar-refractivity contribution >= 4 is 55.8 Å². The maximum Gasteiger partial charge on any atom is 0.407 e. The van der Waals surface area contributed by atoms with Gasteiger partial charge in [0.15, 0.2) is 0 Å². The normalized spacial score (nSPS) is 13.5. The van der Waals surface area contributed by atoms with E-state index in [0.717, 1.165) is 26.1 Å². The highest BCUT2D eigenvalue weighted by Crippen LogP contribution is 2.36. The summed E-state index contributed by atoms with van der Waals surface area (Å²) in [6.07, 6.45) is 2.72. The first-order valence-corrected chi connectivity index (χ1v) is 10.2. The van der Waals surface area contributed by atoms with Gasteiger partial charge in [0.1, 0.15) is 11.1 Å². The molecule has 0 atom stereocenters. The number of nitriles is 1. The second-order valence-electron chi connectivity index (χ2n) is 6.28. The monoisotopic (exact) mass is 409 g/mol. The van der Waals surface area contributed by atoms with Gasteiger partial charge in [-0.1, -0.05) is 18.2 Å². The summed E-state index contributed by atoms with van der Waals surface area (Å²) < 4.78 is 1.16. The molecule has 2 N–H and O–H groups in total. The summed E-state index contributed by atoms with van der Waals surface area (Å²) in [5, 5.41) is 25.0. The maximum atomic E-state index is 12.4. The Bertz CT molecular complexity index is 1150. The van der Waals surface area contributed by atoms with E-state index in [1.165, 1.54) is 22.3 Å². The van der Waals surface area contributed by atoms with Gasteiger partial charge in [-0.25, -0.2) is 4.79 Å². The Morgan fingerprint density at radius 3 is 2.93 bits per heavy atom. The highest BCUT2D eigenvalue weighted by molar-refractivity contribution is 7.17. The molecular formula is C20H15N3O3S2. The molecule has 0 fully saturated rings. The van der Waals surface area contributed by atoms with Crippen LogP contribution in [0.4, 0.5) is 9.80 Å². The van der Waals surface area contributed by atoms with E-state index in [1.54, 1.807) is 17.4 Å². The zero-order chi connectivity index (χ0) is 19.7. The van der Waals surface area contributed by atoms with Crippen LogP contribution >= 0.6 is 22.7 Å². The second-order valence-corrected chi connectivity index (χ2v) is 8.30. The quantitative estimate of drug-likeness (QED) is 0.622. The molecule has 2 aromatic heterocycles. The number of hydrogen-bond donors (Lipinski definition) is 2. The van der Waals surface area contributed by atoms with Gasteiger partial charge in [-0.2, -0.15) is 5.26 Å². The minimum Gasteiger partial charge on any atom is -0.465 e. The van der Waals surface area contributed by atoms with Crippen LogP contribution in [-0.2, 0) is 17.8 Å². The molecule has 28 heavy (non-hydrogen) atoms. The number of anilines is 1. The average molecular weight is 409 g/mol. The fourth-order valence-corrected chi connectivity index (χ4v) is 5.37. The lowest BCUT2D eigenvalue weighted by Gasteiger charge is -2.23. The van der Waals surface area contributed by atoms with Gasteiger partial charge in [0, 0.05) is 22.2 Å². The van der Waals surface area contributed by atoms with E-state index in [0.29, 0.717) is 23.5 Å². The van der Waals surface area contributed by atoms with Crippen molar-refractivity contribution in [3.05, 3.63) is 57.3 Å². The van der Waals surface area contributed by atoms with Crippen LogP contribution in [0, 0.1) is 11.3 Å². The van der Waals surface area contributed by atoms with Gasteiger partial charge < -0.3 is 15.3 Å². The first-order valence-electron chi connectivity index (χ1n) is 8.54. The number of nitrogens with zero attached hydrogens (tertiary/aromatic N) is 2. The molecule has 0 bridgehead atoms. The molecule has 3 heterocycles. The van der Waals surface area contributed by atoms with Gasteiger partial charge in [0.2, 0.25) is 5.91 Å². The lowest BCUT2D eigenvalue weighted by atomic mass is 10.0. The van der Waals surface area contributed by atoms with E-state index in [1.807, 2.05) is 29.6 Å². The Labute approximate surface area is 168 Å². The summed E-state index contributed by atoms with van der Waals surface area (Å²) in [5.74, 6) is -0.319. The smallest absolute Gasteiger partial charge is 0.407 e. The molecule has 0 saturated heterocycles. The summed E-state index contributed by atoms with van der Waals surface area (Å²) in [5.41, 5.74) is 2.25. The van der Waals surface area contributed by atoms with Crippen molar-refractivity contribution in [2.45, 2.75) is 13.0 Å². The minimum atomic E-state index is -0.978. The number of carboxylic acid groups (broad SMARTS) is 1. The molecule has 2 amide bonds. The molecule has 140 valence electrons. The Hall–Kier alpha value is -3.15. The summed E-state index contributed by atoms with van der Waals surface area (Å²) in [6, 6.07) is 10.1. The summed E-state index contributed by atoms with van der Waals surface area (Å²) in [6.45, 7) is 0.600. The van der Waals surface area contributed by atoms with Crippen molar-refractivity contribution < 1.29 is 14.7 Å². The van der Waals surface area contributed by atoms with Crippen molar-refractivity contribution in [3.63, 3.8) is 0 Å². The van der Waals surface area contributed by atoms with Crippen LogP contribution in [-0.4, -0.2) is 28.6 Å². The van der Waals surface area contributed by atoms with Crippen molar-refractivity contribution in [2.24, 2.45) is 0 Å². The molecule has 4 rings (SSSR count). The number of carbonyl (C=O) groups excluding carboxylic acids is 1. The van der Waals surface area contributed by atoms with Crippen molar-refractivity contribution in [1.82, 2.24) is 4.90 Å². The van der Waals surface area contributed by atoms with Crippen LogP contribution in [0.1, 0.15) is 21.6 Å². The Balaban J connectivity index is 1.54. The number of carbonyl (C=O) groups is 2. The molecule has 1 aromatic carbocycles. The van der Waals surface area contributed by atoms with Crippen LogP contribution in [0.25, 0.3) is 16.2 Å². The van der Waals surface area contributed by atoms with E-state index in [4.69, 9.17) is 5.11 Å². The molecule has 0 spiro atoms. The number of hydrogen-bond acceptors (Lipinski definition) is 5. The topological polar surface area (TPSA) is 93.4 Å². The van der Waals surface area contributed by atoms with Gasteiger partial charge in [0.25, 0.3) is 0 Å². The van der Waals surface area contributed by atoms with Crippen LogP contribution in [0.2, 0.25) is 0 Å². The first kappa shape index (κ1) is 18.2. The zero-order valence-corrected chi connectivity index (χ0v) is 16.3. The predicted octanol–water partition coefficient (Wildman–Crippen LogP) is 4.52. The van der Waals surface area contributed by atoms with Crippen molar-refractivity contribution in [3.8, 4) is 6.07 Å². The molecule has 0 aliphatic carbocycles. The summed E-state index contributed by atoms with van der Waals surface area (Å²) >= 11 is 2.89. The number of fused-ring (bicyclic) bond motifs is 2. The van der Waals surface area contributed by atoms with E-state index in [2.05, 4.69) is 11.4 Å². The molecular weight excluding hydrogens is 394 g/mol. The van der Waals surface area contributed by atoms with E-state index in [9.17, 15) is 14.9 Å². The summed E-state index contributed by atoms with van der Waals surface area (Å²) in [4.78, 5) is 25.7. The van der Waals surface area contributed by atoms with E-state index >= 15 is 0 Å². The molecule has 1 aliphatic rings. The predicted molar refractivity (Wildman–Crippen MR) is 111 cm³/mol. The van der Waals surface area contributed by atoms with Crippen LogP contribution in [0.5, 0.6) is 0 Å². The Morgan fingerprint density at radius 1 is 1.32 bits per heavy atom. The maximum absolute atomic E-state index is 12.4. The zero-order valence-electron chi connectivity index (χ0n) is 14.6. The third kappa shape index (κ3) is 3.38. The highest BCUT2D eigenvalue weighted by atomic mass is 32.1. The molecule has 6 nitrogen and oxygen atoms in total. The average Bonchev–Trinajstić information content (AvgIpc) is 3.26. The minimum absolute atomic E-state index is 0.247. The van der Waals surface area contributed by atoms with Crippen LogP contribution in [0.15, 0.2) is 35.7 Å². The SMILES string of the molecule is N#Cc1c(NC(=O)C=Cc2csc3ccccc23)sc2c1CCN(C(=O)O)C2. The van der Waals surface area contributed by atoms with Crippen LogP contribution in [0.3, 0.4) is 0 Å².